The van der Waals surface area contributed by atoms with Gasteiger partial charge in [-0.1, -0.05) is 23.7 Å². The SMILES string of the molecule is CCOc1cccc(N2C(=O)NC(=O)/C(=C/c3ccc(OCC)c(Cl)c3)C2=O)c1. The number of halogens is 1. The van der Waals surface area contributed by atoms with E-state index in [0.29, 0.717) is 41.0 Å². The third kappa shape index (κ3) is 4.41. The van der Waals surface area contributed by atoms with Crippen molar-refractivity contribution in [3.8, 4) is 11.5 Å². The van der Waals surface area contributed by atoms with E-state index in [2.05, 4.69) is 5.32 Å². The van der Waals surface area contributed by atoms with Crippen LogP contribution in [0.3, 0.4) is 0 Å². The molecule has 0 aliphatic carbocycles. The van der Waals surface area contributed by atoms with E-state index in [1.807, 2.05) is 13.8 Å². The molecule has 2 aromatic carbocycles. The van der Waals surface area contributed by atoms with Gasteiger partial charge in [-0.3, -0.25) is 14.9 Å². The minimum absolute atomic E-state index is 0.188. The van der Waals surface area contributed by atoms with Crippen LogP contribution in [-0.2, 0) is 9.59 Å². The lowest BCUT2D eigenvalue weighted by Crippen LogP contribution is -2.54. The van der Waals surface area contributed by atoms with E-state index in [0.717, 1.165) is 4.90 Å². The van der Waals surface area contributed by atoms with Crippen molar-refractivity contribution in [3.05, 3.63) is 58.6 Å². The smallest absolute Gasteiger partial charge is 0.335 e. The molecule has 0 atom stereocenters. The van der Waals surface area contributed by atoms with Gasteiger partial charge in [0, 0.05) is 6.07 Å². The van der Waals surface area contributed by atoms with Crippen molar-refractivity contribution in [2.24, 2.45) is 0 Å². The fourth-order valence-electron chi connectivity index (χ4n) is 2.82. The largest absolute Gasteiger partial charge is 0.494 e. The van der Waals surface area contributed by atoms with Crippen LogP contribution in [0, 0.1) is 0 Å². The van der Waals surface area contributed by atoms with Crippen molar-refractivity contribution < 1.29 is 23.9 Å². The molecule has 1 heterocycles. The van der Waals surface area contributed by atoms with Gasteiger partial charge in [0.15, 0.2) is 0 Å². The van der Waals surface area contributed by atoms with Gasteiger partial charge in [0.2, 0.25) is 0 Å². The van der Waals surface area contributed by atoms with Gasteiger partial charge in [-0.2, -0.15) is 0 Å². The van der Waals surface area contributed by atoms with Gasteiger partial charge in [-0.15, -0.1) is 0 Å². The predicted molar refractivity (Wildman–Crippen MR) is 109 cm³/mol. The monoisotopic (exact) mass is 414 g/mol. The number of ether oxygens (including phenoxy) is 2. The lowest BCUT2D eigenvalue weighted by atomic mass is 10.1. The molecule has 2 aromatic rings. The Morgan fingerprint density at radius 2 is 1.79 bits per heavy atom. The van der Waals surface area contributed by atoms with E-state index < -0.39 is 17.8 Å². The molecule has 8 heteroatoms. The van der Waals surface area contributed by atoms with Crippen LogP contribution >= 0.6 is 11.6 Å². The van der Waals surface area contributed by atoms with E-state index in [-0.39, 0.29) is 5.57 Å². The molecule has 150 valence electrons. The number of nitrogens with one attached hydrogen (secondary N) is 1. The highest BCUT2D eigenvalue weighted by Crippen LogP contribution is 2.28. The maximum atomic E-state index is 13.0. The van der Waals surface area contributed by atoms with Gasteiger partial charge < -0.3 is 9.47 Å². The van der Waals surface area contributed by atoms with Crippen LogP contribution in [0.25, 0.3) is 6.08 Å². The number of hydrogen-bond donors (Lipinski definition) is 1. The maximum Gasteiger partial charge on any atom is 0.335 e. The maximum absolute atomic E-state index is 13.0. The molecular formula is C21H19ClN2O5. The molecule has 3 rings (SSSR count). The molecule has 0 saturated carbocycles. The molecule has 0 bridgehead atoms. The molecule has 1 aliphatic rings. The predicted octanol–water partition coefficient (Wildman–Crippen LogP) is 3.80. The van der Waals surface area contributed by atoms with Gasteiger partial charge in [-0.25, -0.2) is 9.69 Å². The van der Waals surface area contributed by atoms with Gasteiger partial charge >= 0.3 is 6.03 Å². The average Bonchev–Trinajstić information content (AvgIpc) is 2.68. The minimum atomic E-state index is -0.824. The molecule has 1 aliphatic heterocycles. The minimum Gasteiger partial charge on any atom is -0.494 e. The van der Waals surface area contributed by atoms with Gasteiger partial charge in [0.25, 0.3) is 11.8 Å². The third-order valence-corrected chi connectivity index (χ3v) is 4.35. The number of rotatable bonds is 6. The number of benzene rings is 2. The van der Waals surface area contributed by atoms with Crippen LogP contribution in [0.4, 0.5) is 10.5 Å². The number of urea groups is 1. The molecule has 0 radical (unpaired) electrons. The third-order valence-electron chi connectivity index (χ3n) is 4.06. The van der Waals surface area contributed by atoms with E-state index in [9.17, 15) is 14.4 Å². The molecule has 29 heavy (non-hydrogen) atoms. The molecule has 1 N–H and O–H groups in total. The summed E-state index contributed by atoms with van der Waals surface area (Å²) in [5, 5.41) is 2.54. The topological polar surface area (TPSA) is 84.9 Å². The number of imide groups is 2. The zero-order valence-corrected chi connectivity index (χ0v) is 16.7. The highest BCUT2D eigenvalue weighted by molar-refractivity contribution is 6.39. The fraction of sp³-hybridized carbons (Fsp3) is 0.190. The summed E-state index contributed by atoms with van der Waals surface area (Å²) < 4.78 is 10.8. The summed E-state index contributed by atoms with van der Waals surface area (Å²) >= 11 is 6.18. The number of carbonyl (C=O) groups excluding carboxylic acids is 3. The highest BCUT2D eigenvalue weighted by Gasteiger charge is 2.37. The van der Waals surface area contributed by atoms with E-state index in [1.165, 1.54) is 6.08 Å². The first-order chi connectivity index (χ1) is 13.9. The summed E-state index contributed by atoms with van der Waals surface area (Å²) in [6.07, 6.45) is 1.38. The molecule has 7 nitrogen and oxygen atoms in total. The number of hydrogen-bond acceptors (Lipinski definition) is 5. The molecule has 0 spiro atoms. The Bertz CT molecular complexity index is 1000. The first kappa shape index (κ1) is 20.4. The Labute approximate surface area is 172 Å². The second-order valence-corrected chi connectivity index (χ2v) is 6.42. The number of nitrogens with zero attached hydrogens (tertiary/aromatic N) is 1. The standard InChI is InChI=1S/C21H19ClN2O5/c1-3-28-15-7-5-6-14(12-15)24-20(26)16(19(25)23-21(24)27)10-13-8-9-18(29-4-2)17(22)11-13/h5-12H,3-4H2,1-2H3,(H,23,25,27)/b16-10-. The van der Waals surface area contributed by atoms with Gasteiger partial charge in [0.1, 0.15) is 17.1 Å². The van der Waals surface area contributed by atoms with Crippen molar-refractivity contribution in [2.45, 2.75) is 13.8 Å². The van der Waals surface area contributed by atoms with Crippen LogP contribution in [0.1, 0.15) is 19.4 Å². The lowest BCUT2D eigenvalue weighted by Gasteiger charge is -2.26. The molecule has 0 unspecified atom stereocenters. The van der Waals surface area contributed by atoms with E-state index >= 15 is 0 Å². The Hall–Kier alpha value is -3.32. The molecule has 1 saturated heterocycles. The lowest BCUT2D eigenvalue weighted by molar-refractivity contribution is -0.122. The summed E-state index contributed by atoms with van der Waals surface area (Å²) in [7, 11) is 0. The Morgan fingerprint density at radius 3 is 2.48 bits per heavy atom. The van der Waals surface area contributed by atoms with Crippen molar-refractivity contribution in [2.75, 3.05) is 18.1 Å². The zero-order valence-electron chi connectivity index (χ0n) is 15.9. The number of barbiturate groups is 1. The van der Waals surface area contributed by atoms with Crippen LogP contribution in [0.5, 0.6) is 11.5 Å². The first-order valence-corrected chi connectivity index (χ1v) is 9.39. The van der Waals surface area contributed by atoms with E-state index in [4.69, 9.17) is 21.1 Å². The first-order valence-electron chi connectivity index (χ1n) is 9.01. The summed E-state index contributed by atoms with van der Waals surface area (Å²) in [6, 6.07) is 10.6. The number of carbonyl (C=O) groups is 3. The van der Waals surface area contributed by atoms with Crippen molar-refractivity contribution in [1.29, 1.82) is 0 Å². The van der Waals surface area contributed by atoms with Crippen molar-refractivity contribution >= 4 is 41.2 Å². The second kappa shape index (κ2) is 8.79. The quantitative estimate of drug-likeness (QED) is 0.574. The molecule has 0 aromatic heterocycles. The van der Waals surface area contributed by atoms with E-state index in [1.54, 1.807) is 42.5 Å². The number of amides is 4. The van der Waals surface area contributed by atoms with Crippen LogP contribution in [0.15, 0.2) is 48.0 Å². The van der Waals surface area contributed by atoms with Crippen LogP contribution in [-0.4, -0.2) is 31.1 Å². The summed E-state index contributed by atoms with van der Waals surface area (Å²) in [5.74, 6) is -0.508. The summed E-state index contributed by atoms with van der Waals surface area (Å²) in [6.45, 7) is 4.56. The van der Waals surface area contributed by atoms with Crippen LogP contribution < -0.4 is 19.7 Å². The van der Waals surface area contributed by atoms with Gasteiger partial charge in [-0.05, 0) is 49.8 Å². The molecular weight excluding hydrogens is 396 g/mol. The Balaban J connectivity index is 1.96. The Kier molecular flexibility index (Phi) is 6.19. The summed E-state index contributed by atoms with van der Waals surface area (Å²) in [4.78, 5) is 38.5. The number of anilines is 1. The van der Waals surface area contributed by atoms with Crippen molar-refractivity contribution in [3.63, 3.8) is 0 Å². The van der Waals surface area contributed by atoms with Crippen molar-refractivity contribution in [1.82, 2.24) is 5.32 Å². The Morgan fingerprint density at radius 1 is 1.03 bits per heavy atom. The fourth-order valence-corrected chi connectivity index (χ4v) is 3.06. The van der Waals surface area contributed by atoms with Gasteiger partial charge in [0.05, 0.1) is 23.9 Å². The molecule has 1 fully saturated rings. The average molecular weight is 415 g/mol. The normalized spacial score (nSPS) is 15.5. The van der Waals surface area contributed by atoms with Crippen LogP contribution in [0.2, 0.25) is 5.02 Å². The highest BCUT2D eigenvalue weighted by atomic mass is 35.5. The summed E-state index contributed by atoms with van der Waals surface area (Å²) in [5.41, 5.74) is 0.627. The second-order valence-electron chi connectivity index (χ2n) is 6.01. The zero-order chi connectivity index (χ0) is 21.0. The molecule has 4 amide bonds.